The van der Waals surface area contributed by atoms with Crippen molar-refractivity contribution in [3.8, 4) is 0 Å². The molecule has 1 aromatic rings. The smallest absolute Gasteiger partial charge is 0.184 e. The van der Waals surface area contributed by atoms with Crippen molar-refractivity contribution in [3.63, 3.8) is 0 Å². The molecule has 0 aliphatic heterocycles. The van der Waals surface area contributed by atoms with Gasteiger partial charge in [0.25, 0.3) is 0 Å². The molecule has 0 aromatic carbocycles. The fourth-order valence-corrected chi connectivity index (χ4v) is 2.27. The fraction of sp³-hybridized carbons (Fsp3) is 0.538. The Morgan fingerprint density at radius 3 is 2.44 bits per heavy atom. The van der Waals surface area contributed by atoms with Crippen LogP contribution in [0.3, 0.4) is 0 Å². The zero-order valence-electron chi connectivity index (χ0n) is 9.29. The molecular formula is C13H16FNO. The number of hydrogen-bond donors (Lipinski definition) is 0. The molecule has 2 rings (SSSR count). The zero-order chi connectivity index (χ0) is 11.4. The quantitative estimate of drug-likeness (QED) is 0.566. The highest BCUT2D eigenvalue weighted by atomic mass is 19.1. The van der Waals surface area contributed by atoms with E-state index in [9.17, 15) is 9.18 Å². The highest BCUT2D eigenvalue weighted by molar-refractivity contribution is 5.96. The van der Waals surface area contributed by atoms with Gasteiger partial charge in [-0.15, -0.1) is 0 Å². The molecule has 0 amide bonds. The molecule has 2 nitrogen and oxygen atoms in total. The second-order valence-electron chi connectivity index (χ2n) is 4.41. The van der Waals surface area contributed by atoms with Crippen molar-refractivity contribution in [3.05, 3.63) is 29.8 Å². The number of hydrogen-bond acceptors (Lipinski definition) is 2. The summed E-state index contributed by atoms with van der Waals surface area (Å²) in [6, 6.07) is 2.79. The van der Waals surface area contributed by atoms with Crippen LogP contribution < -0.4 is 0 Å². The molecule has 16 heavy (non-hydrogen) atoms. The number of Topliss-reactive ketones (excluding diaryl/α,β-unsaturated/α-hetero) is 1. The number of carbonyl (C=O) groups excluding carboxylic acids is 1. The molecule has 0 radical (unpaired) electrons. The zero-order valence-corrected chi connectivity index (χ0v) is 9.29. The van der Waals surface area contributed by atoms with Gasteiger partial charge in [-0.1, -0.05) is 25.7 Å². The lowest BCUT2D eigenvalue weighted by atomic mass is 9.93. The van der Waals surface area contributed by atoms with Crippen molar-refractivity contribution < 1.29 is 9.18 Å². The highest BCUT2D eigenvalue weighted by Gasteiger charge is 2.22. The molecule has 86 valence electrons. The van der Waals surface area contributed by atoms with Crippen LogP contribution in [0.1, 0.15) is 49.0 Å². The van der Waals surface area contributed by atoms with E-state index < -0.39 is 5.82 Å². The number of pyridine rings is 1. The van der Waals surface area contributed by atoms with Crippen LogP contribution in [0.5, 0.6) is 0 Å². The fourth-order valence-electron chi connectivity index (χ4n) is 2.27. The Hall–Kier alpha value is -1.25. The van der Waals surface area contributed by atoms with Gasteiger partial charge in [-0.05, 0) is 25.0 Å². The van der Waals surface area contributed by atoms with Crippen LogP contribution in [-0.2, 0) is 0 Å². The number of carbonyl (C=O) groups is 1. The Balaban J connectivity index is 2.08. The minimum absolute atomic E-state index is 0.0851. The van der Waals surface area contributed by atoms with Gasteiger partial charge in [0.15, 0.2) is 5.78 Å². The first-order valence-corrected chi connectivity index (χ1v) is 5.93. The predicted molar refractivity (Wildman–Crippen MR) is 59.7 cm³/mol. The predicted octanol–water partition coefficient (Wildman–Crippen LogP) is 3.37. The molecule has 0 saturated heterocycles. The molecule has 0 bridgehead atoms. The van der Waals surface area contributed by atoms with Gasteiger partial charge in [0.05, 0.1) is 6.20 Å². The number of aromatic nitrogens is 1. The van der Waals surface area contributed by atoms with E-state index in [0.29, 0.717) is 5.69 Å². The summed E-state index contributed by atoms with van der Waals surface area (Å²) in [7, 11) is 0. The van der Waals surface area contributed by atoms with Crippen molar-refractivity contribution in [1.29, 1.82) is 0 Å². The number of ketones is 1. The third kappa shape index (κ3) is 2.65. The Labute approximate surface area is 94.9 Å². The van der Waals surface area contributed by atoms with Crippen LogP contribution in [0, 0.1) is 11.7 Å². The number of halogens is 1. The lowest BCUT2D eigenvalue weighted by Gasteiger charge is -2.11. The first-order chi connectivity index (χ1) is 7.77. The summed E-state index contributed by atoms with van der Waals surface area (Å²) >= 11 is 0. The molecule has 0 unspecified atom stereocenters. The molecule has 1 aliphatic carbocycles. The highest BCUT2D eigenvalue weighted by Crippen LogP contribution is 2.25. The van der Waals surface area contributed by atoms with E-state index in [0.717, 1.165) is 31.9 Å². The van der Waals surface area contributed by atoms with Crippen LogP contribution in [-0.4, -0.2) is 10.8 Å². The van der Waals surface area contributed by atoms with Crippen LogP contribution in [0.2, 0.25) is 0 Å². The average Bonchev–Trinajstić information content (AvgIpc) is 2.57. The van der Waals surface area contributed by atoms with Gasteiger partial charge in [0, 0.05) is 5.92 Å². The summed E-state index contributed by atoms with van der Waals surface area (Å²) in [5.74, 6) is -0.209. The number of nitrogens with zero attached hydrogens (tertiary/aromatic N) is 1. The molecule has 1 saturated carbocycles. The second kappa shape index (κ2) is 5.19. The van der Waals surface area contributed by atoms with Gasteiger partial charge < -0.3 is 0 Å². The van der Waals surface area contributed by atoms with Gasteiger partial charge >= 0.3 is 0 Å². The Morgan fingerprint density at radius 1 is 1.19 bits per heavy atom. The Kier molecular flexibility index (Phi) is 3.65. The summed E-state index contributed by atoms with van der Waals surface area (Å²) in [5, 5.41) is 0. The molecule has 1 aliphatic rings. The Morgan fingerprint density at radius 2 is 1.88 bits per heavy atom. The summed E-state index contributed by atoms with van der Waals surface area (Å²) in [6.07, 6.45) is 7.72. The molecule has 0 spiro atoms. The maximum atomic E-state index is 12.7. The SMILES string of the molecule is O=C(c1ccc(F)cn1)C1CCCCCC1. The van der Waals surface area contributed by atoms with Gasteiger partial charge in [0.2, 0.25) is 0 Å². The van der Waals surface area contributed by atoms with Crippen molar-refractivity contribution >= 4 is 5.78 Å². The third-order valence-corrected chi connectivity index (χ3v) is 3.21. The topological polar surface area (TPSA) is 30.0 Å². The van der Waals surface area contributed by atoms with E-state index >= 15 is 0 Å². The van der Waals surface area contributed by atoms with E-state index in [4.69, 9.17) is 0 Å². The van der Waals surface area contributed by atoms with Crippen LogP contribution in [0.15, 0.2) is 18.3 Å². The maximum Gasteiger partial charge on any atom is 0.184 e. The van der Waals surface area contributed by atoms with E-state index in [1.807, 2.05) is 0 Å². The molecule has 1 heterocycles. The van der Waals surface area contributed by atoms with Crippen molar-refractivity contribution in [2.24, 2.45) is 5.92 Å². The molecule has 0 N–H and O–H groups in total. The molecule has 1 aromatic heterocycles. The van der Waals surface area contributed by atoms with Crippen molar-refractivity contribution in [2.45, 2.75) is 38.5 Å². The second-order valence-corrected chi connectivity index (χ2v) is 4.41. The molecule has 0 atom stereocenters. The summed E-state index contributed by atoms with van der Waals surface area (Å²) < 4.78 is 12.7. The maximum absolute atomic E-state index is 12.7. The minimum Gasteiger partial charge on any atom is -0.292 e. The van der Waals surface area contributed by atoms with E-state index in [1.54, 1.807) is 0 Å². The third-order valence-electron chi connectivity index (χ3n) is 3.21. The van der Waals surface area contributed by atoms with Crippen LogP contribution in [0.25, 0.3) is 0 Å². The van der Waals surface area contributed by atoms with Crippen molar-refractivity contribution in [2.75, 3.05) is 0 Å². The lowest BCUT2D eigenvalue weighted by Crippen LogP contribution is -2.15. The summed E-state index contributed by atoms with van der Waals surface area (Å²) in [5.41, 5.74) is 0.410. The van der Waals surface area contributed by atoms with E-state index in [-0.39, 0.29) is 11.7 Å². The standard InChI is InChI=1S/C13H16FNO/c14-11-7-8-12(15-9-11)13(16)10-5-3-1-2-4-6-10/h7-10H,1-6H2. The van der Waals surface area contributed by atoms with Gasteiger partial charge in [0.1, 0.15) is 11.5 Å². The lowest BCUT2D eigenvalue weighted by molar-refractivity contribution is 0.0902. The summed E-state index contributed by atoms with van der Waals surface area (Å²) in [4.78, 5) is 15.9. The number of rotatable bonds is 2. The first kappa shape index (κ1) is 11.2. The first-order valence-electron chi connectivity index (χ1n) is 5.93. The van der Waals surface area contributed by atoms with Crippen LogP contribution >= 0.6 is 0 Å². The van der Waals surface area contributed by atoms with Gasteiger partial charge in [-0.25, -0.2) is 4.39 Å². The van der Waals surface area contributed by atoms with E-state index in [2.05, 4.69) is 4.98 Å². The molecule has 3 heteroatoms. The minimum atomic E-state index is -0.391. The van der Waals surface area contributed by atoms with E-state index in [1.165, 1.54) is 25.0 Å². The molecule has 1 fully saturated rings. The van der Waals surface area contributed by atoms with Gasteiger partial charge in [-0.2, -0.15) is 0 Å². The van der Waals surface area contributed by atoms with Crippen molar-refractivity contribution in [1.82, 2.24) is 4.98 Å². The normalized spacial score (nSPS) is 18.1. The average molecular weight is 221 g/mol. The summed E-state index contributed by atoms with van der Waals surface area (Å²) in [6.45, 7) is 0. The molecular weight excluding hydrogens is 205 g/mol. The largest absolute Gasteiger partial charge is 0.292 e. The van der Waals surface area contributed by atoms with Gasteiger partial charge in [-0.3, -0.25) is 9.78 Å². The van der Waals surface area contributed by atoms with Crippen LogP contribution in [0.4, 0.5) is 4.39 Å². The Bertz CT molecular complexity index is 353. The monoisotopic (exact) mass is 221 g/mol.